The molecular formula is C15H19NO5. The average molecular weight is 293 g/mol. The molecule has 1 heterocycles. The lowest BCUT2D eigenvalue weighted by atomic mass is 9.81. The minimum absolute atomic E-state index is 0.235. The van der Waals surface area contributed by atoms with E-state index in [-0.39, 0.29) is 30.1 Å². The van der Waals surface area contributed by atoms with E-state index >= 15 is 0 Å². The molecule has 1 aromatic carbocycles. The van der Waals surface area contributed by atoms with Gasteiger partial charge in [0, 0.05) is 29.9 Å². The molecule has 2 unspecified atom stereocenters. The summed E-state index contributed by atoms with van der Waals surface area (Å²) < 4.78 is 15.9. The third-order valence-corrected chi connectivity index (χ3v) is 3.82. The SMILES string of the molecule is COc1cc(OC)c(C2CC(=O)NC(=O)C2C)cc1OC. The van der Waals surface area contributed by atoms with Crippen molar-refractivity contribution in [3.63, 3.8) is 0 Å². The minimum atomic E-state index is -0.324. The monoisotopic (exact) mass is 293 g/mol. The van der Waals surface area contributed by atoms with Gasteiger partial charge in [-0.05, 0) is 6.07 Å². The summed E-state index contributed by atoms with van der Waals surface area (Å²) in [4.78, 5) is 23.5. The van der Waals surface area contributed by atoms with Gasteiger partial charge in [-0.1, -0.05) is 6.92 Å². The number of nitrogens with one attached hydrogen (secondary N) is 1. The molecule has 2 atom stereocenters. The van der Waals surface area contributed by atoms with Gasteiger partial charge in [0.05, 0.1) is 21.3 Å². The van der Waals surface area contributed by atoms with Crippen LogP contribution >= 0.6 is 0 Å². The van der Waals surface area contributed by atoms with Crippen LogP contribution in [0.2, 0.25) is 0 Å². The van der Waals surface area contributed by atoms with Crippen LogP contribution in [0.5, 0.6) is 17.2 Å². The second kappa shape index (κ2) is 6.03. The molecule has 0 saturated carbocycles. The molecule has 2 rings (SSSR count). The van der Waals surface area contributed by atoms with E-state index in [1.165, 1.54) is 14.2 Å². The van der Waals surface area contributed by atoms with Crippen LogP contribution in [0.15, 0.2) is 12.1 Å². The van der Waals surface area contributed by atoms with E-state index in [4.69, 9.17) is 14.2 Å². The molecule has 1 N–H and O–H groups in total. The van der Waals surface area contributed by atoms with Crippen molar-refractivity contribution in [1.82, 2.24) is 5.32 Å². The highest BCUT2D eigenvalue weighted by Gasteiger charge is 2.35. The third-order valence-electron chi connectivity index (χ3n) is 3.82. The van der Waals surface area contributed by atoms with Gasteiger partial charge in [0.15, 0.2) is 11.5 Å². The van der Waals surface area contributed by atoms with Gasteiger partial charge in [0.25, 0.3) is 0 Å². The molecule has 0 radical (unpaired) electrons. The van der Waals surface area contributed by atoms with Crippen molar-refractivity contribution >= 4 is 11.8 Å². The smallest absolute Gasteiger partial charge is 0.230 e. The number of benzene rings is 1. The summed E-state index contributed by atoms with van der Waals surface area (Å²) in [5.41, 5.74) is 0.769. The van der Waals surface area contributed by atoms with E-state index in [2.05, 4.69) is 5.32 Å². The summed E-state index contributed by atoms with van der Waals surface area (Å²) in [5, 5.41) is 2.34. The zero-order valence-electron chi connectivity index (χ0n) is 12.6. The molecule has 0 aliphatic carbocycles. The molecule has 6 heteroatoms. The fourth-order valence-electron chi connectivity index (χ4n) is 2.58. The van der Waals surface area contributed by atoms with Gasteiger partial charge >= 0.3 is 0 Å². The molecule has 0 aromatic heterocycles. The molecule has 1 aromatic rings. The quantitative estimate of drug-likeness (QED) is 0.851. The summed E-state index contributed by atoms with van der Waals surface area (Å²) in [5.74, 6) is 0.534. The molecule has 6 nitrogen and oxygen atoms in total. The Labute approximate surface area is 123 Å². The van der Waals surface area contributed by atoms with Crippen molar-refractivity contribution < 1.29 is 23.8 Å². The van der Waals surface area contributed by atoms with Crippen LogP contribution in [0.25, 0.3) is 0 Å². The maximum Gasteiger partial charge on any atom is 0.230 e. The van der Waals surface area contributed by atoms with E-state index in [9.17, 15) is 9.59 Å². The molecule has 114 valence electrons. The lowest BCUT2D eigenvalue weighted by molar-refractivity contribution is -0.136. The summed E-state index contributed by atoms with van der Waals surface area (Å²) in [6.07, 6.45) is 0.235. The fraction of sp³-hybridized carbons (Fsp3) is 0.467. The Kier molecular flexibility index (Phi) is 4.35. The first kappa shape index (κ1) is 15.2. The summed E-state index contributed by atoms with van der Waals surface area (Å²) in [6.45, 7) is 1.79. The highest BCUT2D eigenvalue weighted by atomic mass is 16.5. The Bertz CT molecular complexity index is 569. The van der Waals surface area contributed by atoms with Crippen LogP contribution in [0.1, 0.15) is 24.8 Å². The summed E-state index contributed by atoms with van der Waals surface area (Å²) in [7, 11) is 4.62. The van der Waals surface area contributed by atoms with Gasteiger partial charge in [-0.3, -0.25) is 14.9 Å². The Balaban J connectivity index is 2.50. The van der Waals surface area contributed by atoms with Crippen LogP contribution in [-0.4, -0.2) is 33.1 Å². The third kappa shape index (κ3) is 2.79. The standard InChI is InChI=1S/C15H19NO5/c1-8-9(6-14(17)16-15(8)18)10-5-12(20-3)13(21-4)7-11(10)19-2/h5,7-9H,6H2,1-4H3,(H,16,17,18). The Morgan fingerprint density at radius 3 is 2.14 bits per heavy atom. The zero-order chi connectivity index (χ0) is 15.6. The number of methoxy groups -OCH3 is 3. The molecular weight excluding hydrogens is 274 g/mol. The maximum absolute atomic E-state index is 11.8. The van der Waals surface area contributed by atoms with Gasteiger partial charge in [0.1, 0.15) is 5.75 Å². The van der Waals surface area contributed by atoms with E-state index in [0.29, 0.717) is 17.2 Å². The van der Waals surface area contributed by atoms with Crippen molar-refractivity contribution in [2.45, 2.75) is 19.3 Å². The highest BCUT2D eigenvalue weighted by Crippen LogP contribution is 2.42. The molecule has 0 bridgehead atoms. The summed E-state index contributed by atoms with van der Waals surface area (Å²) in [6, 6.07) is 3.47. The van der Waals surface area contributed by atoms with E-state index in [1.54, 1.807) is 26.2 Å². The van der Waals surface area contributed by atoms with Crippen LogP contribution in [0.3, 0.4) is 0 Å². The van der Waals surface area contributed by atoms with Gasteiger partial charge in [-0.15, -0.1) is 0 Å². The number of ether oxygens (including phenoxy) is 3. The first-order valence-electron chi connectivity index (χ1n) is 6.65. The first-order chi connectivity index (χ1) is 10.0. The zero-order valence-corrected chi connectivity index (χ0v) is 12.6. The fourth-order valence-corrected chi connectivity index (χ4v) is 2.58. The van der Waals surface area contributed by atoms with E-state index < -0.39 is 0 Å². The predicted molar refractivity (Wildman–Crippen MR) is 75.8 cm³/mol. The number of carbonyl (C=O) groups is 2. The molecule has 1 saturated heterocycles. The van der Waals surface area contributed by atoms with Crippen molar-refractivity contribution in [3.8, 4) is 17.2 Å². The average Bonchev–Trinajstić information content (AvgIpc) is 2.49. The van der Waals surface area contributed by atoms with E-state index in [1.807, 2.05) is 0 Å². The number of hydrogen-bond donors (Lipinski definition) is 1. The predicted octanol–water partition coefficient (Wildman–Crippen LogP) is 1.48. The van der Waals surface area contributed by atoms with Crippen molar-refractivity contribution in [1.29, 1.82) is 0 Å². The van der Waals surface area contributed by atoms with Gasteiger partial charge in [-0.25, -0.2) is 0 Å². The van der Waals surface area contributed by atoms with Crippen molar-refractivity contribution in [3.05, 3.63) is 17.7 Å². The summed E-state index contributed by atoms with van der Waals surface area (Å²) >= 11 is 0. The van der Waals surface area contributed by atoms with Crippen LogP contribution in [-0.2, 0) is 9.59 Å². The Hall–Kier alpha value is -2.24. The van der Waals surface area contributed by atoms with Crippen molar-refractivity contribution in [2.24, 2.45) is 5.92 Å². The molecule has 1 aliphatic rings. The number of piperidine rings is 1. The van der Waals surface area contributed by atoms with Crippen LogP contribution in [0, 0.1) is 5.92 Å². The molecule has 21 heavy (non-hydrogen) atoms. The van der Waals surface area contributed by atoms with Crippen molar-refractivity contribution in [2.75, 3.05) is 21.3 Å². The lowest BCUT2D eigenvalue weighted by Crippen LogP contribution is -2.43. The first-order valence-corrected chi connectivity index (χ1v) is 6.65. The van der Waals surface area contributed by atoms with Crippen LogP contribution < -0.4 is 19.5 Å². The normalized spacial score (nSPS) is 21.7. The number of amides is 2. The number of rotatable bonds is 4. The lowest BCUT2D eigenvalue weighted by Gasteiger charge is -2.29. The second-order valence-corrected chi connectivity index (χ2v) is 4.96. The molecule has 0 spiro atoms. The largest absolute Gasteiger partial charge is 0.496 e. The molecule has 1 fully saturated rings. The topological polar surface area (TPSA) is 73.9 Å². The van der Waals surface area contributed by atoms with Gasteiger partial charge in [0.2, 0.25) is 11.8 Å². The van der Waals surface area contributed by atoms with E-state index in [0.717, 1.165) is 5.56 Å². The molecule has 1 aliphatic heterocycles. The Morgan fingerprint density at radius 2 is 1.57 bits per heavy atom. The number of hydrogen-bond acceptors (Lipinski definition) is 5. The number of carbonyl (C=O) groups excluding carboxylic acids is 2. The molecule has 2 amide bonds. The van der Waals surface area contributed by atoms with Gasteiger partial charge < -0.3 is 14.2 Å². The number of imide groups is 1. The highest BCUT2D eigenvalue weighted by molar-refractivity contribution is 5.99. The van der Waals surface area contributed by atoms with Gasteiger partial charge in [-0.2, -0.15) is 0 Å². The maximum atomic E-state index is 11.8. The van der Waals surface area contributed by atoms with Crippen LogP contribution in [0.4, 0.5) is 0 Å². The second-order valence-electron chi connectivity index (χ2n) is 4.96. The minimum Gasteiger partial charge on any atom is -0.496 e. The Morgan fingerprint density at radius 1 is 1.00 bits per heavy atom.